The van der Waals surface area contributed by atoms with Crippen molar-refractivity contribution < 1.29 is 14.8 Å². The Bertz CT molecular complexity index is 710. The van der Waals surface area contributed by atoms with E-state index >= 15 is 0 Å². The van der Waals surface area contributed by atoms with E-state index in [1.54, 1.807) is 0 Å². The van der Waals surface area contributed by atoms with Gasteiger partial charge in [-0.15, -0.1) is 5.10 Å². The number of hydrogen-bond acceptors (Lipinski definition) is 6. The molecule has 0 fully saturated rings. The zero-order valence-electron chi connectivity index (χ0n) is 11.5. The highest BCUT2D eigenvalue weighted by atomic mass is 16.6. The molecule has 0 aliphatic rings. The molecule has 9 nitrogen and oxygen atoms in total. The minimum atomic E-state index is -1.26. The van der Waals surface area contributed by atoms with Crippen LogP contribution in [0.4, 0.5) is 5.69 Å². The summed E-state index contributed by atoms with van der Waals surface area (Å²) in [6.45, 7) is 3.68. The molecule has 0 unspecified atom stereocenters. The number of aromatic carboxylic acids is 1. The SMILES string of the molecule is CCc1nc(CC)n(-c2nc(C(=O)O)ccc2[N+](=O)[O-])n1. The van der Waals surface area contributed by atoms with E-state index < -0.39 is 10.9 Å². The van der Waals surface area contributed by atoms with Crippen LogP contribution in [0.2, 0.25) is 0 Å². The Morgan fingerprint density at radius 1 is 1.33 bits per heavy atom. The maximum absolute atomic E-state index is 11.1. The van der Waals surface area contributed by atoms with Crippen LogP contribution in [0.5, 0.6) is 0 Å². The normalized spacial score (nSPS) is 10.6. The van der Waals surface area contributed by atoms with Gasteiger partial charge in [0.1, 0.15) is 5.82 Å². The number of carboxylic acids is 1. The third kappa shape index (κ3) is 2.71. The van der Waals surface area contributed by atoms with Crippen molar-refractivity contribution in [2.45, 2.75) is 26.7 Å². The minimum Gasteiger partial charge on any atom is -0.477 e. The largest absolute Gasteiger partial charge is 0.477 e. The molecule has 0 bridgehead atoms. The molecule has 110 valence electrons. The van der Waals surface area contributed by atoms with Crippen molar-refractivity contribution in [3.05, 3.63) is 39.6 Å². The topological polar surface area (TPSA) is 124 Å². The number of carboxylic acid groups (broad SMARTS) is 1. The molecule has 0 aromatic carbocycles. The molecule has 0 aliphatic heterocycles. The monoisotopic (exact) mass is 291 g/mol. The molecule has 0 saturated heterocycles. The number of aryl methyl sites for hydroxylation is 2. The number of rotatable bonds is 5. The fourth-order valence-electron chi connectivity index (χ4n) is 1.80. The van der Waals surface area contributed by atoms with E-state index in [2.05, 4.69) is 15.1 Å². The third-order valence-electron chi connectivity index (χ3n) is 2.82. The van der Waals surface area contributed by atoms with E-state index in [0.717, 1.165) is 12.1 Å². The molecule has 0 atom stereocenters. The minimum absolute atomic E-state index is 0.135. The lowest BCUT2D eigenvalue weighted by Crippen LogP contribution is -2.11. The van der Waals surface area contributed by atoms with Gasteiger partial charge >= 0.3 is 11.7 Å². The molecule has 1 N–H and O–H groups in total. The lowest BCUT2D eigenvalue weighted by molar-refractivity contribution is -0.385. The number of nitrogens with zero attached hydrogens (tertiary/aromatic N) is 5. The second kappa shape index (κ2) is 5.65. The second-order valence-corrected chi connectivity index (χ2v) is 4.16. The molecule has 9 heteroatoms. The molecular weight excluding hydrogens is 278 g/mol. The van der Waals surface area contributed by atoms with Crippen molar-refractivity contribution in [1.82, 2.24) is 19.7 Å². The zero-order chi connectivity index (χ0) is 15.6. The summed E-state index contributed by atoms with van der Waals surface area (Å²) < 4.78 is 1.24. The van der Waals surface area contributed by atoms with Gasteiger partial charge in [0.15, 0.2) is 11.5 Å². The van der Waals surface area contributed by atoms with Crippen molar-refractivity contribution in [3.63, 3.8) is 0 Å². The summed E-state index contributed by atoms with van der Waals surface area (Å²) >= 11 is 0. The predicted octanol–water partition coefficient (Wildman–Crippen LogP) is 1.39. The number of pyridine rings is 1. The Labute approximate surface area is 119 Å². The van der Waals surface area contributed by atoms with Gasteiger partial charge < -0.3 is 5.11 Å². The molecular formula is C12H13N5O4. The van der Waals surface area contributed by atoms with E-state index in [-0.39, 0.29) is 17.2 Å². The average molecular weight is 291 g/mol. The predicted molar refractivity (Wildman–Crippen MR) is 71.5 cm³/mol. The second-order valence-electron chi connectivity index (χ2n) is 4.16. The Hall–Kier alpha value is -2.84. The Balaban J connectivity index is 2.70. The summed E-state index contributed by atoms with van der Waals surface area (Å²) in [5.74, 6) is -0.391. The Kier molecular flexibility index (Phi) is 3.92. The summed E-state index contributed by atoms with van der Waals surface area (Å²) in [5, 5.41) is 24.3. The Morgan fingerprint density at radius 2 is 2.05 bits per heavy atom. The van der Waals surface area contributed by atoms with Crippen LogP contribution >= 0.6 is 0 Å². The first-order valence-electron chi connectivity index (χ1n) is 6.31. The first kappa shape index (κ1) is 14.6. The molecule has 0 amide bonds. The highest BCUT2D eigenvalue weighted by molar-refractivity contribution is 5.86. The molecule has 2 rings (SSSR count). The van der Waals surface area contributed by atoms with E-state index in [9.17, 15) is 14.9 Å². The van der Waals surface area contributed by atoms with Gasteiger partial charge in [-0.25, -0.2) is 14.8 Å². The number of carbonyl (C=O) groups is 1. The first-order chi connectivity index (χ1) is 9.97. The fourth-order valence-corrected chi connectivity index (χ4v) is 1.80. The fraction of sp³-hybridized carbons (Fsp3) is 0.333. The molecule has 2 aromatic heterocycles. The van der Waals surface area contributed by atoms with Crippen LogP contribution in [0.25, 0.3) is 5.82 Å². The molecule has 21 heavy (non-hydrogen) atoms. The van der Waals surface area contributed by atoms with Gasteiger partial charge in [0.25, 0.3) is 0 Å². The number of hydrogen-bond donors (Lipinski definition) is 1. The van der Waals surface area contributed by atoms with Crippen LogP contribution < -0.4 is 0 Å². The van der Waals surface area contributed by atoms with E-state index in [4.69, 9.17) is 5.11 Å². The third-order valence-corrected chi connectivity index (χ3v) is 2.82. The summed E-state index contributed by atoms with van der Waals surface area (Å²) in [6, 6.07) is 2.20. The lowest BCUT2D eigenvalue weighted by Gasteiger charge is -2.05. The van der Waals surface area contributed by atoms with Crippen LogP contribution in [0.1, 0.15) is 36.0 Å². The molecule has 0 radical (unpaired) electrons. The van der Waals surface area contributed by atoms with Crippen LogP contribution in [0.3, 0.4) is 0 Å². The summed E-state index contributed by atoms with van der Waals surface area (Å²) in [5.41, 5.74) is -0.603. The van der Waals surface area contributed by atoms with Gasteiger partial charge in [0.05, 0.1) is 4.92 Å². The van der Waals surface area contributed by atoms with Gasteiger partial charge in [-0.2, -0.15) is 4.68 Å². The van der Waals surface area contributed by atoms with Crippen LogP contribution in [-0.2, 0) is 12.8 Å². The molecule has 0 spiro atoms. The lowest BCUT2D eigenvalue weighted by atomic mass is 10.3. The first-order valence-corrected chi connectivity index (χ1v) is 6.31. The molecule has 2 heterocycles. The van der Waals surface area contributed by atoms with Gasteiger partial charge in [0.2, 0.25) is 5.82 Å². The van der Waals surface area contributed by atoms with Crippen molar-refractivity contribution >= 4 is 11.7 Å². The van der Waals surface area contributed by atoms with Crippen molar-refractivity contribution in [2.75, 3.05) is 0 Å². The van der Waals surface area contributed by atoms with Crippen LogP contribution in [-0.4, -0.2) is 35.7 Å². The molecule has 0 aliphatic carbocycles. The standard InChI is InChI=1S/C12H13N5O4/c1-3-9-14-10(4-2)16(15-9)11-8(17(20)21)6-5-7(13-11)12(18)19/h5-6H,3-4H2,1-2H3,(H,18,19). The van der Waals surface area contributed by atoms with Gasteiger partial charge in [-0.1, -0.05) is 13.8 Å². The summed E-state index contributed by atoms with van der Waals surface area (Å²) in [4.78, 5) is 29.6. The highest BCUT2D eigenvalue weighted by Crippen LogP contribution is 2.22. The Morgan fingerprint density at radius 3 is 2.57 bits per heavy atom. The molecule has 0 saturated carbocycles. The van der Waals surface area contributed by atoms with Crippen molar-refractivity contribution in [2.24, 2.45) is 0 Å². The highest BCUT2D eigenvalue weighted by Gasteiger charge is 2.23. The smallest absolute Gasteiger partial charge is 0.354 e. The average Bonchev–Trinajstić information content (AvgIpc) is 2.89. The maximum Gasteiger partial charge on any atom is 0.354 e. The van der Waals surface area contributed by atoms with Gasteiger partial charge in [-0.05, 0) is 6.07 Å². The van der Waals surface area contributed by atoms with E-state index in [1.807, 2.05) is 13.8 Å². The summed E-state index contributed by atoms with van der Waals surface area (Å²) in [7, 11) is 0. The summed E-state index contributed by atoms with van der Waals surface area (Å²) in [6.07, 6.45) is 1.05. The van der Waals surface area contributed by atoms with Crippen LogP contribution in [0.15, 0.2) is 12.1 Å². The quantitative estimate of drug-likeness (QED) is 0.651. The van der Waals surface area contributed by atoms with Crippen LogP contribution in [0, 0.1) is 10.1 Å². The van der Waals surface area contributed by atoms with Crippen molar-refractivity contribution in [1.29, 1.82) is 0 Å². The van der Waals surface area contributed by atoms with E-state index in [1.165, 1.54) is 4.68 Å². The van der Waals surface area contributed by atoms with E-state index in [0.29, 0.717) is 24.5 Å². The van der Waals surface area contributed by atoms with Gasteiger partial charge in [-0.3, -0.25) is 10.1 Å². The number of nitro groups is 1. The maximum atomic E-state index is 11.1. The zero-order valence-corrected chi connectivity index (χ0v) is 11.5. The molecule has 2 aromatic rings. The number of aromatic nitrogens is 4. The van der Waals surface area contributed by atoms with Gasteiger partial charge in [0, 0.05) is 18.9 Å². The van der Waals surface area contributed by atoms with Crippen molar-refractivity contribution in [3.8, 4) is 5.82 Å².